The van der Waals surface area contributed by atoms with Gasteiger partial charge in [-0.25, -0.2) is 0 Å². The van der Waals surface area contributed by atoms with Gasteiger partial charge in [0.05, 0.1) is 0 Å². The fraction of sp³-hybridized carbons (Fsp3) is 0.625. The summed E-state index contributed by atoms with van der Waals surface area (Å²) < 4.78 is 0. The lowest BCUT2D eigenvalue weighted by molar-refractivity contribution is 0.219. The summed E-state index contributed by atoms with van der Waals surface area (Å²) in [5.74, 6) is 0. The molecule has 2 rings (SSSR count). The summed E-state index contributed by atoms with van der Waals surface area (Å²) in [6.45, 7) is 10.3. The van der Waals surface area contributed by atoms with E-state index in [1.54, 1.807) is 0 Å². The molecule has 0 bridgehead atoms. The number of piperidine rings is 1. The van der Waals surface area contributed by atoms with Crippen LogP contribution >= 0.6 is 12.6 Å². The van der Waals surface area contributed by atoms with Gasteiger partial charge in [-0.2, -0.15) is 0 Å². The maximum absolute atomic E-state index is 4.67. The van der Waals surface area contributed by atoms with E-state index in [0.717, 1.165) is 11.4 Å². The second-order valence-electron chi connectivity index (χ2n) is 6.43. The monoisotopic (exact) mass is 263 g/mol. The first-order valence-electron chi connectivity index (χ1n) is 7.01. The third-order valence-electron chi connectivity index (χ3n) is 3.79. The highest BCUT2D eigenvalue weighted by Crippen LogP contribution is 2.27. The van der Waals surface area contributed by atoms with E-state index in [2.05, 4.69) is 56.5 Å². The fourth-order valence-corrected chi connectivity index (χ4v) is 2.81. The Morgan fingerprint density at radius 3 is 2.33 bits per heavy atom. The number of nitrogens with zero attached hydrogens (tertiary/aromatic N) is 1. The number of thiol groups is 1. The molecule has 1 heterocycles. The average Bonchev–Trinajstić information content (AvgIpc) is 2.32. The molecule has 0 unspecified atom stereocenters. The summed E-state index contributed by atoms with van der Waals surface area (Å²) in [7, 11) is 0. The quantitative estimate of drug-likeness (QED) is 0.780. The maximum atomic E-state index is 4.67. The Balaban J connectivity index is 2.09. The highest BCUT2D eigenvalue weighted by Gasteiger charge is 2.16. The Bertz CT molecular complexity index is 400. The predicted molar refractivity (Wildman–Crippen MR) is 81.5 cm³/mol. The molecule has 18 heavy (non-hydrogen) atoms. The smallest absolute Gasteiger partial charge is 0.0244 e. The van der Waals surface area contributed by atoms with Crippen LogP contribution in [0.4, 0.5) is 0 Å². The van der Waals surface area contributed by atoms with Crippen molar-refractivity contribution in [3.63, 3.8) is 0 Å². The van der Waals surface area contributed by atoms with Crippen molar-refractivity contribution >= 4 is 12.6 Å². The maximum Gasteiger partial charge on any atom is 0.0244 e. The third kappa shape index (κ3) is 3.52. The van der Waals surface area contributed by atoms with Crippen LogP contribution in [0, 0.1) is 0 Å². The van der Waals surface area contributed by atoms with Crippen molar-refractivity contribution in [2.45, 2.75) is 56.9 Å². The Morgan fingerprint density at radius 1 is 1.11 bits per heavy atom. The molecule has 0 amide bonds. The SMILES string of the molecule is CC(C)(C)c1ccc(CN2CCCCC2)c(S)c1. The van der Waals surface area contributed by atoms with Crippen molar-refractivity contribution < 1.29 is 0 Å². The van der Waals surface area contributed by atoms with Crippen molar-refractivity contribution in [2.75, 3.05) is 13.1 Å². The molecule has 0 N–H and O–H groups in total. The highest BCUT2D eigenvalue weighted by atomic mass is 32.1. The molecule has 0 radical (unpaired) electrons. The zero-order valence-corrected chi connectivity index (χ0v) is 12.8. The molecular weight excluding hydrogens is 238 g/mol. The van der Waals surface area contributed by atoms with E-state index in [4.69, 9.17) is 0 Å². The minimum absolute atomic E-state index is 0.209. The normalized spacial score (nSPS) is 18.0. The number of rotatable bonds is 2. The van der Waals surface area contributed by atoms with Crippen molar-refractivity contribution in [1.82, 2.24) is 4.90 Å². The fourth-order valence-electron chi connectivity index (χ4n) is 2.52. The number of likely N-dealkylation sites (tertiary alicyclic amines) is 1. The predicted octanol–water partition coefficient (Wildman–Crippen LogP) is 4.26. The van der Waals surface area contributed by atoms with Crippen molar-refractivity contribution in [3.8, 4) is 0 Å². The second-order valence-corrected chi connectivity index (χ2v) is 6.91. The molecule has 1 saturated heterocycles. The molecule has 1 aliphatic heterocycles. The van der Waals surface area contributed by atoms with E-state index in [9.17, 15) is 0 Å². The zero-order valence-electron chi connectivity index (χ0n) is 11.9. The van der Waals surface area contributed by atoms with Gasteiger partial charge in [-0.3, -0.25) is 4.90 Å². The van der Waals surface area contributed by atoms with Crippen LogP contribution in [-0.4, -0.2) is 18.0 Å². The van der Waals surface area contributed by atoms with Crippen LogP contribution in [0.15, 0.2) is 23.1 Å². The second kappa shape index (κ2) is 5.66. The van der Waals surface area contributed by atoms with Crippen LogP contribution < -0.4 is 0 Å². The van der Waals surface area contributed by atoms with Gasteiger partial charge in [0.1, 0.15) is 0 Å². The van der Waals surface area contributed by atoms with Gasteiger partial charge in [0.2, 0.25) is 0 Å². The van der Waals surface area contributed by atoms with Gasteiger partial charge in [-0.05, 0) is 48.5 Å². The summed E-state index contributed by atoms with van der Waals surface area (Å²) in [5.41, 5.74) is 2.95. The van der Waals surface area contributed by atoms with Crippen LogP contribution in [0.25, 0.3) is 0 Å². The molecule has 100 valence electrons. The van der Waals surface area contributed by atoms with E-state index in [0.29, 0.717) is 0 Å². The lowest BCUT2D eigenvalue weighted by Crippen LogP contribution is -2.29. The van der Waals surface area contributed by atoms with Crippen LogP contribution in [0.5, 0.6) is 0 Å². The minimum atomic E-state index is 0.209. The molecular formula is C16H25NS. The van der Waals surface area contributed by atoms with Crippen molar-refractivity contribution in [2.24, 2.45) is 0 Å². The largest absolute Gasteiger partial charge is 0.299 e. The molecule has 1 aromatic rings. The average molecular weight is 263 g/mol. The molecule has 2 heteroatoms. The van der Waals surface area contributed by atoms with Gasteiger partial charge in [0.25, 0.3) is 0 Å². The third-order valence-corrected chi connectivity index (χ3v) is 4.21. The summed E-state index contributed by atoms with van der Waals surface area (Å²) in [5, 5.41) is 0. The molecule has 1 aliphatic rings. The summed E-state index contributed by atoms with van der Waals surface area (Å²) in [4.78, 5) is 3.70. The van der Waals surface area contributed by atoms with E-state index in [1.807, 2.05) is 0 Å². The van der Waals surface area contributed by atoms with Crippen molar-refractivity contribution in [3.05, 3.63) is 29.3 Å². The summed E-state index contributed by atoms with van der Waals surface area (Å²) >= 11 is 4.67. The van der Waals surface area contributed by atoms with Gasteiger partial charge in [-0.15, -0.1) is 12.6 Å². The molecule has 0 aromatic heterocycles. The van der Waals surface area contributed by atoms with Crippen LogP contribution in [-0.2, 0) is 12.0 Å². The van der Waals surface area contributed by atoms with E-state index < -0.39 is 0 Å². The van der Waals surface area contributed by atoms with Crippen molar-refractivity contribution in [1.29, 1.82) is 0 Å². The zero-order chi connectivity index (χ0) is 13.2. The molecule has 0 saturated carbocycles. The van der Waals surface area contributed by atoms with Gasteiger partial charge in [0.15, 0.2) is 0 Å². The minimum Gasteiger partial charge on any atom is -0.299 e. The van der Waals surface area contributed by atoms with Crippen LogP contribution in [0.1, 0.15) is 51.2 Å². The van der Waals surface area contributed by atoms with E-state index >= 15 is 0 Å². The van der Waals surface area contributed by atoms with Gasteiger partial charge >= 0.3 is 0 Å². The molecule has 1 aromatic carbocycles. The topological polar surface area (TPSA) is 3.24 Å². The van der Waals surface area contributed by atoms with E-state index in [-0.39, 0.29) is 5.41 Å². The van der Waals surface area contributed by atoms with Crippen LogP contribution in [0.3, 0.4) is 0 Å². The van der Waals surface area contributed by atoms with Gasteiger partial charge in [-0.1, -0.05) is 39.3 Å². The van der Waals surface area contributed by atoms with Gasteiger partial charge in [0, 0.05) is 11.4 Å². The first-order chi connectivity index (χ1) is 8.47. The highest BCUT2D eigenvalue weighted by molar-refractivity contribution is 7.80. The van der Waals surface area contributed by atoms with Crippen LogP contribution in [0.2, 0.25) is 0 Å². The summed E-state index contributed by atoms with van der Waals surface area (Å²) in [6, 6.07) is 6.76. The lowest BCUT2D eigenvalue weighted by atomic mass is 9.86. The molecule has 1 nitrogen and oxygen atoms in total. The number of benzene rings is 1. The Hall–Kier alpha value is -0.470. The lowest BCUT2D eigenvalue weighted by Gasteiger charge is -2.27. The Labute approximate surface area is 117 Å². The van der Waals surface area contributed by atoms with Gasteiger partial charge < -0.3 is 0 Å². The standard InChI is InChI=1S/C16H25NS/c1-16(2,3)14-8-7-13(15(18)11-14)12-17-9-5-4-6-10-17/h7-8,11,18H,4-6,9-10,12H2,1-3H3. The first kappa shape index (κ1) is 14.0. The molecule has 0 atom stereocenters. The molecule has 0 aliphatic carbocycles. The first-order valence-corrected chi connectivity index (χ1v) is 7.46. The Kier molecular flexibility index (Phi) is 4.39. The molecule has 0 spiro atoms. The number of hydrogen-bond acceptors (Lipinski definition) is 2. The summed E-state index contributed by atoms with van der Waals surface area (Å²) in [6.07, 6.45) is 4.09. The van der Waals surface area contributed by atoms with E-state index in [1.165, 1.54) is 43.5 Å². The number of hydrogen-bond donors (Lipinski definition) is 1. The molecule has 1 fully saturated rings. The Morgan fingerprint density at radius 2 is 1.78 bits per heavy atom.